The number of sulfonamides is 1. The molecule has 9 heteroatoms. The van der Waals surface area contributed by atoms with Crippen molar-refractivity contribution in [3.63, 3.8) is 0 Å². The van der Waals surface area contributed by atoms with Crippen molar-refractivity contribution in [3.8, 4) is 0 Å². The smallest absolute Gasteiger partial charge is 0.338 e. The lowest BCUT2D eigenvalue weighted by Gasteiger charge is -2.21. The summed E-state index contributed by atoms with van der Waals surface area (Å²) in [7, 11) is -4.12. The summed E-state index contributed by atoms with van der Waals surface area (Å²) in [5, 5.41) is 0.818. The number of hydrogen-bond donors (Lipinski definition) is 1. The van der Waals surface area contributed by atoms with Crippen LogP contribution >= 0.6 is 0 Å². The number of pyridine rings is 1. The SMILES string of the molecule is CCOC(=O)c1cccc(S(=O)(=O)N(Cc2ccco2)Cc2cc3cc(CC)ccc3[nH]c2=O)c1. The van der Waals surface area contributed by atoms with Crippen LogP contribution < -0.4 is 5.56 Å². The van der Waals surface area contributed by atoms with Crippen LogP contribution in [0.3, 0.4) is 0 Å². The number of ether oxygens (including phenoxy) is 1. The van der Waals surface area contributed by atoms with Gasteiger partial charge in [0, 0.05) is 17.6 Å². The van der Waals surface area contributed by atoms with E-state index in [0.717, 1.165) is 21.7 Å². The Hall–Kier alpha value is -3.69. The standard InChI is InChI=1S/C26H26N2O6S/c1-3-18-10-11-24-20(13-18)14-21(25(29)27-24)16-28(17-22-8-6-12-34-22)35(31,32)23-9-5-7-19(15-23)26(30)33-4-2/h5-15H,3-4,16-17H2,1-2H3,(H,27,29). The van der Waals surface area contributed by atoms with Crippen LogP contribution in [0.15, 0.2) is 81.0 Å². The number of nitrogens with one attached hydrogen (secondary N) is 1. The van der Waals surface area contributed by atoms with Gasteiger partial charge in [0.2, 0.25) is 10.0 Å². The third-order valence-corrected chi connectivity index (χ3v) is 7.42. The Kier molecular flexibility index (Phi) is 7.18. The summed E-state index contributed by atoms with van der Waals surface area (Å²) in [5.41, 5.74) is 1.83. The topological polar surface area (TPSA) is 110 Å². The summed E-state index contributed by atoms with van der Waals surface area (Å²) in [6.45, 7) is 3.61. The first-order chi connectivity index (χ1) is 16.8. The average molecular weight is 495 g/mol. The van der Waals surface area contributed by atoms with Crippen molar-refractivity contribution in [1.29, 1.82) is 0 Å². The molecule has 0 aliphatic carbocycles. The lowest BCUT2D eigenvalue weighted by molar-refractivity contribution is 0.0526. The molecule has 0 unspecified atom stereocenters. The Labute approximate surface area is 203 Å². The number of esters is 1. The van der Waals surface area contributed by atoms with Gasteiger partial charge in [0.15, 0.2) is 0 Å². The van der Waals surface area contributed by atoms with E-state index in [0.29, 0.717) is 16.8 Å². The number of carbonyl (C=O) groups excluding carboxylic acids is 1. The zero-order valence-electron chi connectivity index (χ0n) is 19.5. The van der Waals surface area contributed by atoms with Gasteiger partial charge in [0.25, 0.3) is 5.56 Å². The minimum absolute atomic E-state index is 0.0832. The van der Waals surface area contributed by atoms with E-state index < -0.39 is 16.0 Å². The molecule has 0 spiro atoms. The van der Waals surface area contributed by atoms with Gasteiger partial charge in [-0.05, 0) is 72.8 Å². The summed E-state index contributed by atoms with van der Waals surface area (Å²) in [5.74, 6) is -0.194. The van der Waals surface area contributed by atoms with Crippen molar-refractivity contribution in [2.45, 2.75) is 38.3 Å². The van der Waals surface area contributed by atoms with E-state index in [4.69, 9.17) is 9.15 Å². The molecule has 35 heavy (non-hydrogen) atoms. The molecule has 2 aromatic carbocycles. The first kappa shape index (κ1) is 24.4. The summed E-state index contributed by atoms with van der Waals surface area (Å²) < 4.78 is 38.9. The number of rotatable bonds is 9. The van der Waals surface area contributed by atoms with E-state index in [1.54, 1.807) is 25.1 Å². The van der Waals surface area contributed by atoms with Crippen molar-refractivity contribution < 1.29 is 22.4 Å². The van der Waals surface area contributed by atoms with Crippen molar-refractivity contribution in [3.05, 3.63) is 99.7 Å². The van der Waals surface area contributed by atoms with E-state index in [2.05, 4.69) is 4.98 Å². The second-order valence-corrected chi connectivity index (χ2v) is 9.94. The summed E-state index contributed by atoms with van der Waals surface area (Å²) in [4.78, 5) is 27.8. The first-order valence-corrected chi connectivity index (χ1v) is 12.7. The molecule has 2 heterocycles. The van der Waals surface area contributed by atoms with Crippen LogP contribution in [0.2, 0.25) is 0 Å². The quantitative estimate of drug-likeness (QED) is 0.348. The lowest BCUT2D eigenvalue weighted by atomic mass is 10.1. The number of aromatic nitrogens is 1. The fraction of sp³-hybridized carbons (Fsp3) is 0.231. The van der Waals surface area contributed by atoms with Gasteiger partial charge >= 0.3 is 5.97 Å². The molecule has 0 fully saturated rings. The predicted octanol–water partition coefficient (Wildman–Crippen LogP) is 4.25. The second-order valence-electron chi connectivity index (χ2n) is 8.00. The molecule has 0 radical (unpaired) electrons. The molecule has 2 aromatic heterocycles. The third kappa shape index (κ3) is 5.36. The summed E-state index contributed by atoms with van der Waals surface area (Å²) >= 11 is 0. The molecular weight excluding hydrogens is 468 g/mol. The summed E-state index contributed by atoms with van der Waals surface area (Å²) in [6.07, 6.45) is 2.29. The van der Waals surface area contributed by atoms with Crippen molar-refractivity contribution in [2.75, 3.05) is 6.61 Å². The molecule has 0 atom stereocenters. The Morgan fingerprint density at radius 2 is 1.86 bits per heavy atom. The zero-order chi connectivity index (χ0) is 25.0. The van der Waals surface area contributed by atoms with E-state index >= 15 is 0 Å². The lowest BCUT2D eigenvalue weighted by Crippen LogP contribution is -2.32. The second kappa shape index (κ2) is 10.3. The molecule has 4 rings (SSSR count). The Balaban J connectivity index is 1.75. The minimum Gasteiger partial charge on any atom is -0.468 e. The van der Waals surface area contributed by atoms with Crippen molar-refractivity contribution in [2.24, 2.45) is 0 Å². The highest BCUT2D eigenvalue weighted by atomic mass is 32.2. The predicted molar refractivity (Wildman–Crippen MR) is 131 cm³/mol. The zero-order valence-corrected chi connectivity index (χ0v) is 20.3. The van der Waals surface area contributed by atoms with E-state index in [1.165, 1.54) is 30.5 Å². The van der Waals surface area contributed by atoms with Gasteiger partial charge < -0.3 is 14.1 Å². The minimum atomic E-state index is -4.12. The maximum atomic E-state index is 13.7. The first-order valence-electron chi connectivity index (χ1n) is 11.3. The van der Waals surface area contributed by atoms with E-state index in [-0.39, 0.29) is 35.7 Å². The van der Waals surface area contributed by atoms with Gasteiger partial charge in [0.05, 0.1) is 29.9 Å². The molecule has 0 amide bonds. The molecular formula is C26H26N2O6S. The van der Waals surface area contributed by atoms with Gasteiger partial charge in [-0.3, -0.25) is 4.79 Å². The normalized spacial score (nSPS) is 11.7. The van der Waals surface area contributed by atoms with Crippen LogP contribution in [0.25, 0.3) is 10.9 Å². The average Bonchev–Trinajstić information content (AvgIpc) is 3.37. The largest absolute Gasteiger partial charge is 0.468 e. The molecule has 1 N–H and O–H groups in total. The molecule has 0 saturated heterocycles. The molecule has 182 valence electrons. The van der Waals surface area contributed by atoms with Crippen LogP contribution in [-0.2, 0) is 34.3 Å². The van der Waals surface area contributed by atoms with Gasteiger partial charge in [-0.15, -0.1) is 0 Å². The number of aryl methyl sites for hydroxylation is 1. The Morgan fingerprint density at radius 1 is 1.03 bits per heavy atom. The molecule has 4 aromatic rings. The fourth-order valence-corrected chi connectivity index (χ4v) is 5.21. The maximum absolute atomic E-state index is 13.7. The van der Waals surface area contributed by atoms with Crippen molar-refractivity contribution >= 4 is 26.9 Å². The van der Waals surface area contributed by atoms with Crippen LogP contribution in [0.1, 0.15) is 41.1 Å². The Bertz CT molecular complexity index is 1510. The number of nitrogens with zero attached hydrogens (tertiary/aromatic N) is 1. The van der Waals surface area contributed by atoms with Crippen LogP contribution in [-0.4, -0.2) is 30.3 Å². The molecule has 0 saturated carbocycles. The van der Waals surface area contributed by atoms with Crippen LogP contribution in [0.4, 0.5) is 0 Å². The number of aromatic amines is 1. The highest BCUT2D eigenvalue weighted by Crippen LogP contribution is 2.23. The highest BCUT2D eigenvalue weighted by molar-refractivity contribution is 7.89. The van der Waals surface area contributed by atoms with E-state index in [1.807, 2.05) is 25.1 Å². The highest BCUT2D eigenvalue weighted by Gasteiger charge is 2.28. The number of furan rings is 1. The van der Waals surface area contributed by atoms with E-state index in [9.17, 15) is 18.0 Å². The molecule has 0 aliphatic rings. The number of carbonyl (C=O) groups is 1. The van der Waals surface area contributed by atoms with Crippen molar-refractivity contribution in [1.82, 2.24) is 9.29 Å². The number of fused-ring (bicyclic) bond motifs is 1. The molecule has 0 bridgehead atoms. The van der Waals surface area contributed by atoms with Gasteiger partial charge in [-0.1, -0.05) is 19.1 Å². The summed E-state index contributed by atoms with van der Waals surface area (Å²) in [6, 6.07) is 16.5. The van der Waals surface area contributed by atoms with Gasteiger partial charge in [-0.25, -0.2) is 13.2 Å². The molecule has 8 nitrogen and oxygen atoms in total. The van der Waals surface area contributed by atoms with Crippen LogP contribution in [0, 0.1) is 0 Å². The fourth-order valence-electron chi connectivity index (χ4n) is 3.78. The van der Waals surface area contributed by atoms with Crippen LogP contribution in [0.5, 0.6) is 0 Å². The third-order valence-electron chi connectivity index (χ3n) is 5.64. The molecule has 0 aliphatic heterocycles. The maximum Gasteiger partial charge on any atom is 0.338 e. The van der Waals surface area contributed by atoms with Gasteiger partial charge in [0.1, 0.15) is 5.76 Å². The monoisotopic (exact) mass is 494 g/mol. The van der Waals surface area contributed by atoms with Gasteiger partial charge in [-0.2, -0.15) is 4.31 Å². The number of hydrogen-bond acceptors (Lipinski definition) is 6. The Morgan fingerprint density at radius 3 is 2.57 bits per heavy atom. The number of benzene rings is 2. The number of H-pyrrole nitrogens is 1.